The lowest BCUT2D eigenvalue weighted by atomic mass is 10.2. The normalized spacial score (nSPS) is 12.1. The summed E-state index contributed by atoms with van der Waals surface area (Å²) >= 11 is 1.63. The van der Waals surface area contributed by atoms with Crippen LogP contribution in [0.1, 0.15) is 23.3 Å². The standard InChI is InChI=1S/C23H20FN3S/c1-17(19-12-6-3-7-13-19)28-23-26-25-22(20-14-8-9-15-21(20)24)27(23)16-18-10-4-2-5-11-18/h2-15,17H,16H2,1H3. The summed E-state index contributed by atoms with van der Waals surface area (Å²) in [6, 6.07) is 27.1. The molecular formula is C23H20FN3S. The fourth-order valence-electron chi connectivity index (χ4n) is 3.08. The van der Waals surface area contributed by atoms with E-state index in [2.05, 4.69) is 41.4 Å². The molecule has 0 aliphatic heterocycles. The van der Waals surface area contributed by atoms with Crippen LogP contribution in [0.5, 0.6) is 0 Å². The Balaban J connectivity index is 1.73. The molecule has 4 aromatic rings. The first kappa shape index (κ1) is 18.4. The Morgan fingerprint density at radius 1 is 0.857 bits per heavy atom. The molecular weight excluding hydrogens is 369 g/mol. The van der Waals surface area contributed by atoms with E-state index in [9.17, 15) is 4.39 Å². The Bertz CT molecular complexity index is 1050. The van der Waals surface area contributed by atoms with E-state index in [1.54, 1.807) is 23.9 Å². The second kappa shape index (κ2) is 8.40. The molecule has 140 valence electrons. The zero-order valence-corrected chi connectivity index (χ0v) is 16.3. The average Bonchev–Trinajstić information content (AvgIpc) is 3.11. The van der Waals surface area contributed by atoms with Gasteiger partial charge in [-0.05, 0) is 30.2 Å². The van der Waals surface area contributed by atoms with Crippen molar-refractivity contribution >= 4 is 11.8 Å². The van der Waals surface area contributed by atoms with E-state index in [1.165, 1.54) is 11.6 Å². The molecule has 0 saturated heterocycles. The molecule has 1 unspecified atom stereocenters. The number of nitrogens with zero attached hydrogens (tertiary/aromatic N) is 3. The fraction of sp³-hybridized carbons (Fsp3) is 0.130. The third-order valence-corrected chi connectivity index (χ3v) is 5.70. The lowest BCUT2D eigenvalue weighted by molar-refractivity contribution is 0.626. The molecule has 0 aliphatic carbocycles. The molecule has 3 aromatic carbocycles. The van der Waals surface area contributed by atoms with E-state index in [1.807, 2.05) is 47.0 Å². The van der Waals surface area contributed by atoms with Crippen LogP contribution in [0, 0.1) is 5.82 Å². The minimum Gasteiger partial charge on any atom is -0.297 e. The molecule has 0 aliphatic rings. The smallest absolute Gasteiger partial charge is 0.192 e. The number of halogens is 1. The molecule has 3 nitrogen and oxygen atoms in total. The van der Waals surface area contributed by atoms with Gasteiger partial charge >= 0.3 is 0 Å². The van der Waals surface area contributed by atoms with Crippen molar-refractivity contribution in [1.82, 2.24) is 14.8 Å². The maximum atomic E-state index is 14.4. The van der Waals surface area contributed by atoms with Crippen LogP contribution in [0.2, 0.25) is 0 Å². The van der Waals surface area contributed by atoms with Gasteiger partial charge in [0.15, 0.2) is 11.0 Å². The van der Waals surface area contributed by atoms with Crippen LogP contribution >= 0.6 is 11.8 Å². The van der Waals surface area contributed by atoms with E-state index in [4.69, 9.17) is 0 Å². The van der Waals surface area contributed by atoms with Crippen molar-refractivity contribution in [1.29, 1.82) is 0 Å². The summed E-state index contributed by atoms with van der Waals surface area (Å²) in [4.78, 5) is 0. The Morgan fingerprint density at radius 3 is 2.21 bits per heavy atom. The summed E-state index contributed by atoms with van der Waals surface area (Å²) in [5.74, 6) is 0.251. The summed E-state index contributed by atoms with van der Waals surface area (Å²) in [7, 11) is 0. The average molecular weight is 389 g/mol. The molecule has 0 N–H and O–H groups in total. The monoisotopic (exact) mass is 389 g/mol. The molecule has 1 heterocycles. The van der Waals surface area contributed by atoms with Crippen LogP contribution < -0.4 is 0 Å². The molecule has 1 aromatic heterocycles. The van der Waals surface area contributed by atoms with Gasteiger partial charge in [0, 0.05) is 5.25 Å². The van der Waals surface area contributed by atoms with Crippen molar-refractivity contribution < 1.29 is 4.39 Å². The third-order valence-electron chi connectivity index (χ3n) is 4.57. The van der Waals surface area contributed by atoms with E-state index in [0.717, 1.165) is 10.7 Å². The SMILES string of the molecule is CC(Sc1nnc(-c2ccccc2F)n1Cc1ccccc1)c1ccccc1. The topological polar surface area (TPSA) is 30.7 Å². The van der Waals surface area contributed by atoms with E-state index < -0.39 is 0 Å². The molecule has 0 saturated carbocycles. The highest BCUT2D eigenvalue weighted by atomic mass is 32.2. The maximum Gasteiger partial charge on any atom is 0.192 e. The lowest BCUT2D eigenvalue weighted by Crippen LogP contribution is -2.05. The van der Waals surface area contributed by atoms with Crippen LogP contribution in [0.15, 0.2) is 90.1 Å². The quantitative estimate of drug-likeness (QED) is 0.380. The highest BCUT2D eigenvalue weighted by Gasteiger charge is 2.19. The summed E-state index contributed by atoms with van der Waals surface area (Å²) in [5.41, 5.74) is 2.80. The molecule has 0 fully saturated rings. The van der Waals surface area contributed by atoms with Gasteiger partial charge in [-0.1, -0.05) is 84.6 Å². The van der Waals surface area contributed by atoms with Crippen LogP contribution in [-0.2, 0) is 6.54 Å². The summed E-state index contributed by atoms with van der Waals surface area (Å²) in [6.07, 6.45) is 0. The molecule has 0 spiro atoms. The minimum atomic E-state index is -0.295. The largest absolute Gasteiger partial charge is 0.297 e. The molecule has 5 heteroatoms. The van der Waals surface area contributed by atoms with Crippen molar-refractivity contribution in [3.05, 3.63) is 102 Å². The molecule has 0 bridgehead atoms. The number of hydrogen-bond donors (Lipinski definition) is 0. The molecule has 0 radical (unpaired) electrons. The number of rotatable bonds is 6. The van der Waals surface area contributed by atoms with Gasteiger partial charge in [-0.25, -0.2) is 4.39 Å². The second-order valence-corrected chi connectivity index (χ2v) is 7.84. The second-order valence-electron chi connectivity index (χ2n) is 6.53. The first-order valence-corrected chi connectivity index (χ1v) is 10.0. The van der Waals surface area contributed by atoms with Crippen LogP contribution in [-0.4, -0.2) is 14.8 Å². The van der Waals surface area contributed by atoms with Crippen LogP contribution in [0.4, 0.5) is 4.39 Å². The van der Waals surface area contributed by atoms with Crippen molar-refractivity contribution in [2.45, 2.75) is 23.9 Å². The number of aromatic nitrogens is 3. The van der Waals surface area contributed by atoms with Crippen molar-refractivity contribution in [2.24, 2.45) is 0 Å². The highest BCUT2D eigenvalue weighted by Crippen LogP contribution is 2.36. The Morgan fingerprint density at radius 2 is 1.50 bits per heavy atom. The van der Waals surface area contributed by atoms with Gasteiger partial charge < -0.3 is 0 Å². The third kappa shape index (κ3) is 3.99. The van der Waals surface area contributed by atoms with Crippen LogP contribution in [0.3, 0.4) is 0 Å². The van der Waals surface area contributed by atoms with E-state index >= 15 is 0 Å². The summed E-state index contributed by atoms with van der Waals surface area (Å²) < 4.78 is 16.4. The van der Waals surface area contributed by atoms with Gasteiger partial charge in [-0.15, -0.1) is 10.2 Å². The summed E-state index contributed by atoms with van der Waals surface area (Å²) in [6.45, 7) is 2.73. The van der Waals surface area contributed by atoms with E-state index in [0.29, 0.717) is 17.9 Å². The van der Waals surface area contributed by atoms with Gasteiger partial charge in [-0.3, -0.25) is 4.57 Å². The van der Waals surface area contributed by atoms with Crippen molar-refractivity contribution in [3.8, 4) is 11.4 Å². The first-order chi connectivity index (χ1) is 13.7. The van der Waals surface area contributed by atoms with Gasteiger partial charge in [0.05, 0.1) is 12.1 Å². The molecule has 4 rings (SSSR count). The molecule has 28 heavy (non-hydrogen) atoms. The van der Waals surface area contributed by atoms with Crippen molar-refractivity contribution in [3.63, 3.8) is 0 Å². The lowest BCUT2D eigenvalue weighted by Gasteiger charge is -2.14. The van der Waals surface area contributed by atoms with E-state index in [-0.39, 0.29) is 11.1 Å². The number of benzene rings is 3. The summed E-state index contributed by atoms with van der Waals surface area (Å²) in [5, 5.41) is 9.73. The zero-order chi connectivity index (χ0) is 19.3. The number of hydrogen-bond acceptors (Lipinski definition) is 3. The zero-order valence-electron chi connectivity index (χ0n) is 15.5. The van der Waals surface area contributed by atoms with Gasteiger partial charge in [0.1, 0.15) is 5.82 Å². The minimum absolute atomic E-state index is 0.202. The Hall–Kier alpha value is -2.92. The predicted molar refractivity (Wildman–Crippen MR) is 112 cm³/mol. The molecule has 0 amide bonds. The fourth-order valence-corrected chi connectivity index (χ4v) is 4.05. The van der Waals surface area contributed by atoms with Crippen LogP contribution in [0.25, 0.3) is 11.4 Å². The van der Waals surface area contributed by atoms with Gasteiger partial charge in [0.2, 0.25) is 0 Å². The maximum absolute atomic E-state index is 14.4. The molecule has 1 atom stereocenters. The van der Waals surface area contributed by atoms with Crippen molar-refractivity contribution in [2.75, 3.05) is 0 Å². The first-order valence-electron chi connectivity index (χ1n) is 9.16. The Kier molecular flexibility index (Phi) is 5.53. The highest BCUT2D eigenvalue weighted by molar-refractivity contribution is 7.99. The van der Waals surface area contributed by atoms with Gasteiger partial charge in [-0.2, -0.15) is 0 Å². The predicted octanol–water partition coefficient (Wildman–Crippen LogP) is 5.99. The Labute approximate surface area is 168 Å². The number of thioether (sulfide) groups is 1. The van der Waals surface area contributed by atoms with Gasteiger partial charge in [0.25, 0.3) is 0 Å².